The number of aromatic amines is 1. The van der Waals surface area contributed by atoms with Crippen molar-refractivity contribution in [3.8, 4) is 0 Å². The van der Waals surface area contributed by atoms with E-state index in [1.165, 1.54) is 0 Å². The molecule has 5 heteroatoms. The Balaban J connectivity index is 1.41. The molecular weight excluding hydrogens is 601 g/mol. The Kier molecular flexibility index (Phi) is 6.76. The summed E-state index contributed by atoms with van der Waals surface area (Å²) in [5.74, 6) is -0.0677. The predicted molar refractivity (Wildman–Crippen MR) is 197 cm³/mol. The van der Waals surface area contributed by atoms with Crippen LogP contribution in [0.2, 0.25) is 0 Å². The van der Waals surface area contributed by atoms with Gasteiger partial charge in [-0.15, -0.1) is 0 Å². The molecule has 0 amide bonds. The normalized spacial score (nSPS) is 19.5. The van der Waals surface area contributed by atoms with Gasteiger partial charge in [0.1, 0.15) is 0 Å². The van der Waals surface area contributed by atoms with E-state index in [0.29, 0.717) is 5.70 Å². The van der Waals surface area contributed by atoms with Crippen LogP contribution in [0.5, 0.6) is 0 Å². The molecule has 232 valence electrons. The SMILES string of the molecule is O=C1C=C2C=C3C=CC(=N3)C(c3ccccc3)=c3ccc([nH]3)=C(c3ccccc3)C3=NC(=C(c4ccccc4)C1(c1ccccc1)N2)C=C3. The number of benzene rings is 4. The molecule has 9 rings (SSSR count). The van der Waals surface area contributed by atoms with Crippen LogP contribution in [-0.2, 0) is 10.3 Å². The van der Waals surface area contributed by atoms with Gasteiger partial charge < -0.3 is 10.3 Å². The van der Waals surface area contributed by atoms with Crippen molar-refractivity contribution in [1.82, 2.24) is 10.3 Å². The summed E-state index contributed by atoms with van der Waals surface area (Å²) >= 11 is 0. The molecule has 0 spiro atoms. The minimum atomic E-state index is -1.23. The molecule has 0 saturated heterocycles. The minimum absolute atomic E-state index is 0.0677. The maximum atomic E-state index is 14.7. The van der Waals surface area contributed by atoms with E-state index < -0.39 is 5.54 Å². The maximum Gasteiger partial charge on any atom is 0.192 e. The minimum Gasteiger partial charge on any atom is -0.365 e. The Hall–Kier alpha value is -6.59. The van der Waals surface area contributed by atoms with E-state index in [9.17, 15) is 4.79 Å². The smallest absolute Gasteiger partial charge is 0.192 e. The fourth-order valence-corrected chi connectivity index (χ4v) is 7.21. The van der Waals surface area contributed by atoms with Crippen LogP contribution in [0.1, 0.15) is 22.3 Å². The van der Waals surface area contributed by atoms with E-state index in [0.717, 1.165) is 72.5 Å². The first kappa shape index (κ1) is 28.6. The lowest BCUT2D eigenvalue weighted by atomic mass is 9.76. The maximum absolute atomic E-state index is 14.7. The lowest BCUT2D eigenvalue weighted by Crippen LogP contribution is -2.45. The Bertz CT molecular complexity index is 2490. The number of H-pyrrole nitrogens is 1. The van der Waals surface area contributed by atoms with Gasteiger partial charge >= 0.3 is 0 Å². The van der Waals surface area contributed by atoms with Gasteiger partial charge in [-0.25, -0.2) is 9.98 Å². The molecular formula is C44H30N4O. The van der Waals surface area contributed by atoms with Crippen LogP contribution < -0.4 is 16.0 Å². The molecule has 4 aliphatic heterocycles. The number of hydrogen-bond donors (Lipinski definition) is 2. The molecule has 49 heavy (non-hydrogen) atoms. The van der Waals surface area contributed by atoms with Crippen molar-refractivity contribution in [3.05, 3.63) is 220 Å². The molecule has 4 aromatic carbocycles. The predicted octanol–water partition coefficient (Wildman–Crippen LogP) is 6.69. The van der Waals surface area contributed by atoms with E-state index in [1.54, 1.807) is 6.08 Å². The topological polar surface area (TPSA) is 69.6 Å². The Labute approximate surface area is 283 Å². The van der Waals surface area contributed by atoms with E-state index in [2.05, 4.69) is 64.9 Å². The summed E-state index contributed by atoms with van der Waals surface area (Å²) in [6.45, 7) is 0. The fraction of sp³-hybridized carbons (Fsp3) is 0.0227. The summed E-state index contributed by atoms with van der Waals surface area (Å²) in [6, 6.07) is 44.9. The van der Waals surface area contributed by atoms with Crippen LogP contribution in [-0.4, -0.2) is 22.2 Å². The van der Waals surface area contributed by atoms with Crippen LogP contribution in [0.3, 0.4) is 0 Å². The molecule has 0 aliphatic carbocycles. The molecule has 5 nitrogen and oxygen atoms in total. The summed E-state index contributed by atoms with van der Waals surface area (Å²) in [5.41, 5.74) is 9.14. The molecule has 2 N–H and O–H groups in total. The van der Waals surface area contributed by atoms with Gasteiger partial charge in [0.15, 0.2) is 11.3 Å². The Morgan fingerprint density at radius 2 is 1.04 bits per heavy atom. The summed E-state index contributed by atoms with van der Waals surface area (Å²) in [7, 11) is 0. The quantitative estimate of drug-likeness (QED) is 0.232. The van der Waals surface area contributed by atoms with Crippen molar-refractivity contribution in [2.45, 2.75) is 5.54 Å². The van der Waals surface area contributed by atoms with Crippen molar-refractivity contribution in [2.24, 2.45) is 9.98 Å². The van der Waals surface area contributed by atoms with Gasteiger partial charge in [-0.3, -0.25) is 4.79 Å². The number of fused-ring (bicyclic) bond motifs is 6. The first-order chi connectivity index (χ1) is 24.2. The van der Waals surface area contributed by atoms with Gasteiger partial charge in [-0.2, -0.15) is 0 Å². The molecule has 0 saturated carbocycles. The van der Waals surface area contributed by atoms with E-state index in [1.807, 2.05) is 109 Å². The van der Waals surface area contributed by atoms with Gasteiger partial charge in [0.2, 0.25) is 0 Å². The van der Waals surface area contributed by atoms with Crippen molar-refractivity contribution in [2.75, 3.05) is 0 Å². The summed E-state index contributed by atoms with van der Waals surface area (Å²) in [5, 5.41) is 5.59. The van der Waals surface area contributed by atoms with Gasteiger partial charge in [-0.05, 0) is 64.8 Å². The third-order valence-electron chi connectivity index (χ3n) is 9.36. The highest BCUT2D eigenvalue weighted by Crippen LogP contribution is 2.45. The van der Waals surface area contributed by atoms with Crippen LogP contribution >= 0.6 is 0 Å². The molecule has 5 heterocycles. The number of ketones is 1. The molecule has 1 unspecified atom stereocenters. The van der Waals surface area contributed by atoms with Gasteiger partial charge in [-0.1, -0.05) is 121 Å². The third-order valence-corrected chi connectivity index (χ3v) is 9.36. The zero-order valence-corrected chi connectivity index (χ0v) is 26.5. The highest BCUT2D eigenvalue weighted by Gasteiger charge is 2.48. The van der Waals surface area contributed by atoms with Crippen LogP contribution in [0, 0.1) is 0 Å². The molecule has 0 radical (unpaired) electrons. The third kappa shape index (κ3) is 4.83. The zero-order chi connectivity index (χ0) is 32.8. The number of rotatable bonds is 4. The second-order valence-electron chi connectivity index (χ2n) is 12.3. The second-order valence-corrected chi connectivity index (χ2v) is 12.3. The van der Waals surface area contributed by atoms with E-state index in [-0.39, 0.29) is 5.78 Å². The number of allylic oxidation sites excluding steroid dienone is 5. The molecule has 8 bridgehead atoms. The van der Waals surface area contributed by atoms with Gasteiger partial charge in [0.25, 0.3) is 0 Å². The van der Waals surface area contributed by atoms with E-state index >= 15 is 0 Å². The van der Waals surface area contributed by atoms with Crippen LogP contribution in [0.25, 0.3) is 16.7 Å². The van der Waals surface area contributed by atoms with E-state index in [4.69, 9.17) is 9.98 Å². The second kappa shape index (κ2) is 11.6. The first-order valence-electron chi connectivity index (χ1n) is 16.4. The van der Waals surface area contributed by atoms with Crippen molar-refractivity contribution >= 4 is 33.9 Å². The average Bonchev–Trinajstić information content (AvgIpc) is 3.97. The number of nitrogens with one attached hydrogen (secondary N) is 2. The summed E-state index contributed by atoms with van der Waals surface area (Å²) in [4.78, 5) is 28.9. The Morgan fingerprint density at radius 1 is 0.510 bits per heavy atom. The number of aliphatic imine (C=N–C) groups is 2. The fourth-order valence-electron chi connectivity index (χ4n) is 7.21. The van der Waals surface area contributed by atoms with Gasteiger partial charge in [0.05, 0.1) is 22.8 Å². The lowest BCUT2D eigenvalue weighted by molar-refractivity contribution is -0.117. The number of aromatic nitrogens is 1. The highest BCUT2D eigenvalue weighted by molar-refractivity contribution is 6.31. The standard InChI is InChI=1S/C44H30N4O/c49-40-28-34-27-33-21-22-35(45-33)41(29-13-5-1-6-14-29)36-23-24-37(46-36)42(30-15-7-2-8-16-30)38-25-26-39(47-38)43(31-17-9-3-10-18-31)44(40,48-34)32-19-11-4-12-20-32/h1-28,46,48H. The van der Waals surface area contributed by atoms with Gasteiger partial charge in [0, 0.05) is 39.2 Å². The number of hydrogen-bond acceptors (Lipinski definition) is 4. The number of carbonyl (C=O) groups is 1. The number of nitrogens with zero attached hydrogens (tertiary/aromatic N) is 2. The number of carbonyl (C=O) groups excluding carboxylic acids is 1. The van der Waals surface area contributed by atoms with Crippen molar-refractivity contribution in [3.63, 3.8) is 0 Å². The molecule has 5 aromatic rings. The van der Waals surface area contributed by atoms with Crippen LogP contribution in [0.15, 0.2) is 197 Å². The summed E-state index contributed by atoms with van der Waals surface area (Å²) in [6.07, 6.45) is 11.8. The molecule has 1 atom stereocenters. The first-order valence-corrected chi connectivity index (χ1v) is 16.4. The summed E-state index contributed by atoms with van der Waals surface area (Å²) < 4.78 is 0. The molecule has 4 aliphatic rings. The average molecular weight is 631 g/mol. The lowest BCUT2D eigenvalue weighted by Gasteiger charge is -2.34. The largest absolute Gasteiger partial charge is 0.365 e. The Morgan fingerprint density at radius 3 is 1.65 bits per heavy atom. The molecule has 1 aromatic heterocycles. The van der Waals surface area contributed by atoms with Crippen molar-refractivity contribution < 1.29 is 4.79 Å². The monoisotopic (exact) mass is 630 g/mol. The molecule has 0 fully saturated rings. The van der Waals surface area contributed by atoms with Crippen molar-refractivity contribution in [1.29, 1.82) is 0 Å². The zero-order valence-electron chi connectivity index (χ0n) is 26.5. The van der Waals surface area contributed by atoms with Crippen LogP contribution in [0.4, 0.5) is 0 Å². The highest BCUT2D eigenvalue weighted by atomic mass is 16.1.